The predicted molar refractivity (Wildman–Crippen MR) is 56.1 cm³/mol. The third kappa shape index (κ3) is 4.10. The van der Waals surface area contributed by atoms with Crippen molar-refractivity contribution >= 4 is 15.8 Å². The van der Waals surface area contributed by atoms with E-state index in [2.05, 4.69) is 0 Å². The van der Waals surface area contributed by atoms with Crippen LogP contribution in [-0.4, -0.2) is 25.2 Å². The molecule has 0 saturated carbocycles. The number of halogens is 2. The van der Waals surface area contributed by atoms with Crippen LogP contribution in [0.2, 0.25) is 0 Å². The minimum absolute atomic E-state index is 0.296. The van der Waals surface area contributed by atoms with Crippen LogP contribution in [0.4, 0.5) is 8.78 Å². The van der Waals surface area contributed by atoms with Gasteiger partial charge >= 0.3 is 5.97 Å². The molecule has 94 valence electrons. The highest BCUT2D eigenvalue weighted by Crippen LogP contribution is 2.15. The summed E-state index contributed by atoms with van der Waals surface area (Å²) in [5.41, 5.74) is -0.296. The van der Waals surface area contributed by atoms with Crippen molar-refractivity contribution in [2.24, 2.45) is 0 Å². The van der Waals surface area contributed by atoms with Crippen LogP contribution in [0.5, 0.6) is 0 Å². The molecular formula is C10H10F2O4S. The van der Waals surface area contributed by atoms with E-state index in [1.807, 2.05) is 0 Å². The van der Waals surface area contributed by atoms with Crippen LogP contribution in [0.25, 0.3) is 0 Å². The van der Waals surface area contributed by atoms with Crippen LogP contribution in [0.3, 0.4) is 0 Å². The average Bonchev–Trinajstić information content (AvgIpc) is 2.22. The quantitative estimate of drug-likeness (QED) is 0.871. The van der Waals surface area contributed by atoms with Crippen molar-refractivity contribution in [3.63, 3.8) is 0 Å². The maximum absolute atomic E-state index is 13.2. The molecule has 0 aliphatic rings. The summed E-state index contributed by atoms with van der Waals surface area (Å²) < 4.78 is 48.8. The monoisotopic (exact) mass is 264 g/mol. The molecule has 0 aromatic heterocycles. The summed E-state index contributed by atoms with van der Waals surface area (Å²) in [6, 6.07) is 3.22. The first-order valence-corrected chi connectivity index (χ1v) is 6.49. The number of carboxylic acids is 1. The second-order valence-corrected chi connectivity index (χ2v) is 5.63. The summed E-state index contributed by atoms with van der Waals surface area (Å²) in [5.74, 6) is -4.90. The number of sulfone groups is 1. The summed E-state index contributed by atoms with van der Waals surface area (Å²) in [7, 11) is -3.76. The molecule has 0 unspecified atom stereocenters. The van der Waals surface area contributed by atoms with Gasteiger partial charge in [0.25, 0.3) is 0 Å². The maximum Gasteiger partial charge on any atom is 0.304 e. The lowest BCUT2D eigenvalue weighted by Crippen LogP contribution is -2.14. The van der Waals surface area contributed by atoms with Gasteiger partial charge in [-0.25, -0.2) is 17.2 Å². The minimum Gasteiger partial charge on any atom is -0.481 e. The Labute approximate surface area is 96.8 Å². The van der Waals surface area contributed by atoms with Crippen molar-refractivity contribution in [1.29, 1.82) is 0 Å². The van der Waals surface area contributed by atoms with Crippen molar-refractivity contribution in [3.8, 4) is 0 Å². The third-order valence-electron chi connectivity index (χ3n) is 2.03. The largest absolute Gasteiger partial charge is 0.481 e. The lowest BCUT2D eigenvalue weighted by Gasteiger charge is -2.04. The standard InChI is InChI=1S/C10H10F2O4S/c11-8-3-1-2-7(10(8)12)6-17(15,16)5-4-9(13)14/h1-3H,4-6H2,(H,13,14). The van der Waals surface area contributed by atoms with Gasteiger partial charge in [-0.3, -0.25) is 4.79 Å². The molecule has 1 rings (SSSR count). The molecule has 0 heterocycles. The third-order valence-corrected chi connectivity index (χ3v) is 3.61. The second kappa shape index (κ2) is 5.22. The van der Waals surface area contributed by atoms with Gasteiger partial charge in [-0.05, 0) is 6.07 Å². The first-order valence-electron chi connectivity index (χ1n) is 4.67. The number of hydrogen-bond acceptors (Lipinski definition) is 3. The molecule has 0 aliphatic carbocycles. The van der Waals surface area contributed by atoms with E-state index in [0.717, 1.165) is 12.1 Å². The van der Waals surface area contributed by atoms with Crippen LogP contribution in [0.1, 0.15) is 12.0 Å². The molecule has 1 aromatic carbocycles. The molecule has 0 atom stereocenters. The fourth-order valence-electron chi connectivity index (χ4n) is 1.21. The first kappa shape index (κ1) is 13.6. The van der Waals surface area contributed by atoms with E-state index in [1.165, 1.54) is 6.07 Å². The molecule has 4 nitrogen and oxygen atoms in total. The highest BCUT2D eigenvalue weighted by molar-refractivity contribution is 7.90. The molecule has 0 bridgehead atoms. The minimum atomic E-state index is -3.76. The average molecular weight is 264 g/mol. The molecule has 0 fully saturated rings. The van der Waals surface area contributed by atoms with E-state index in [4.69, 9.17) is 5.11 Å². The Balaban J connectivity index is 2.83. The lowest BCUT2D eigenvalue weighted by atomic mass is 10.2. The van der Waals surface area contributed by atoms with Gasteiger partial charge in [0.1, 0.15) is 0 Å². The van der Waals surface area contributed by atoms with Gasteiger partial charge in [-0.15, -0.1) is 0 Å². The molecule has 1 aromatic rings. The van der Waals surface area contributed by atoms with Crippen molar-refractivity contribution in [1.82, 2.24) is 0 Å². The molecular weight excluding hydrogens is 254 g/mol. The number of aliphatic carboxylic acids is 1. The predicted octanol–water partition coefficient (Wildman–Crippen LogP) is 1.35. The summed E-state index contributed by atoms with van der Waals surface area (Å²) >= 11 is 0. The summed E-state index contributed by atoms with van der Waals surface area (Å²) in [6.07, 6.45) is -0.556. The Morgan fingerprint density at radius 1 is 1.29 bits per heavy atom. The highest BCUT2D eigenvalue weighted by atomic mass is 32.2. The van der Waals surface area contributed by atoms with Gasteiger partial charge in [0.15, 0.2) is 21.5 Å². The zero-order valence-corrected chi connectivity index (χ0v) is 9.51. The van der Waals surface area contributed by atoms with Gasteiger partial charge < -0.3 is 5.11 Å². The van der Waals surface area contributed by atoms with Crippen LogP contribution in [-0.2, 0) is 20.4 Å². The zero-order chi connectivity index (χ0) is 13.1. The zero-order valence-electron chi connectivity index (χ0n) is 8.69. The van der Waals surface area contributed by atoms with Gasteiger partial charge in [0.2, 0.25) is 0 Å². The number of benzene rings is 1. The van der Waals surface area contributed by atoms with Crippen LogP contribution in [0, 0.1) is 11.6 Å². The van der Waals surface area contributed by atoms with Crippen molar-refractivity contribution in [2.45, 2.75) is 12.2 Å². The number of hydrogen-bond donors (Lipinski definition) is 1. The van der Waals surface area contributed by atoms with Gasteiger partial charge in [0, 0.05) is 5.56 Å². The topological polar surface area (TPSA) is 71.4 Å². The molecule has 0 saturated heterocycles. The summed E-state index contributed by atoms with van der Waals surface area (Å²) in [5, 5.41) is 8.34. The molecule has 0 amide bonds. The molecule has 1 N–H and O–H groups in total. The molecule has 0 spiro atoms. The maximum atomic E-state index is 13.2. The molecule has 0 aliphatic heterocycles. The van der Waals surface area contributed by atoms with Crippen molar-refractivity contribution in [2.75, 3.05) is 5.75 Å². The fraction of sp³-hybridized carbons (Fsp3) is 0.300. The first-order chi connectivity index (χ1) is 7.82. The molecule has 7 heteroatoms. The smallest absolute Gasteiger partial charge is 0.304 e. The van der Waals surface area contributed by atoms with E-state index in [9.17, 15) is 22.0 Å². The van der Waals surface area contributed by atoms with Crippen LogP contribution >= 0.6 is 0 Å². The highest BCUT2D eigenvalue weighted by Gasteiger charge is 2.17. The van der Waals surface area contributed by atoms with Crippen molar-refractivity contribution in [3.05, 3.63) is 35.4 Å². The van der Waals surface area contributed by atoms with Gasteiger partial charge in [-0.1, -0.05) is 12.1 Å². The Kier molecular flexibility index (Phi) is 4.17. The fourth-order valence-corrected chi connectivity index (χ4v) is 2.54. The van der Waals surface area contributed by atoms with Crippen molar-refractivity contribution < 1.29 is 27.1 Å². The van der Waals surface area contributed by atoms with E-state index < -0.39 is 45.4 Å². The lowest BCUT2D eigenvalue weighted by molar-refractivity contribution is -0.136. The van der Waals surface area contributed by atoms with Gasteiger partial charge in [0.05, 0.1) is 17.9 Å². The number of carboxylic acid groups (broad SMARTS) is 1. The van der Waals surface area contributed by atoms with Gasteiger partial charge in [-0.2, -0.15) is 0 Å². The van der Waals surface area contributed by atoms with Crippen LogP contribution in [0.15, 0.2) is 18.2 Å². The summed E-state index contributed by atoms with van der Waals surface area (Å²) in [4.78, 5) is 10.2. The van der Waals surface area contributed by atoms with E-state index in [-0.39, 0.29) is 5.56 Å². The van der Waals surface area contributed by atoms with Crippen LogP contribution < -0.4 is 0 Å². The Morgan fingerprint density at radius 2 is 1.94 bits per heavy atom. The number of carbonyl (C=O) groups is 1. The SMILES string of the molecule is O=C(O)CCS(=O)(=O)Cc1cccc(F)c1F. The number of rotatable bonds is 5. The Morgan fingerprint density at radius 3 is 2.53 bits per heavy atom. The van der Waals surface area contributed by atoms with E-state index in [0.29, 0.717) is 0 Å². The Hall–Kier alpha value is -1.50. The second-order valence-electron chi connectivity index (χ2n) is 3.45. The molecule has 17 heavy (non-hydrogen) atoms. The molecule has 0 radical (unpaired) electrons. The normalized spacial score (nSPS) is 11.4. The summed E-state index contributed by atoms with van der Waals surface area (Å²) in [6.45, 7) is 0. The Bertz CT molecular complexity index is 525. The van der Waals surface area contributed by atoms with E-state index >= 15 is 0 Å². The van der Waals surface area contributed by atoms with E-state index in [1.54, 1.807) is 0 Å².